The number of rotatable bonds is 3. The van der Waals surface area contributed by atoms with Gasteiger partial charge in [-0.25, -0.2) is 9.78 Å². The van der Waals surface area contributed by atoms with Crippen LogP contribution in [0, 0.1) is 0 Å². The number of imidazole rings is 1. The molecule has 5 nitrogen and oxygen atoms in total. The lowest BCUT2D eigenvalue weighted by atomic mass is 10.1. The second-order valence-electron chi connectivity index (χ2n) is 4.44. The van der Waals surface area contributed by atoms with Crippen molar-refractivity contribution in [1.29, 1.82) is 0 Å². The molecule has 0 aliphatic carbocycles. The van der Waals surface area contributed by atoms with E-state index in [1.807, 2.05) is 36.0 Å². The van der Waals surface area contributed by atoms with E-state index in [2.05, 4.69) is 10.3 Å². The predicted octanol–water partition coefficient (Wildman–Crippen LogP) is 2.74. The average molecular weight is 267 g/mol. The first-order valence-electron chi connectivity index (χ1n) is 6.17. The molecule has 100 valence electrons. The fourth-order valence-corrected chi connectivity index (χ4v) is 2.06. The summed E-state index contributed by atoms with van der Waals surface area (Å²) >= 11 is 0. The van der Waals surface area contributed by atoms with E-state index in [9.17, 15) is 4.79 Å². The summed E-state index contributed by atoms with van der Waals surface area (Å²) in [6.07, 6.45) is 3.85. The molecule has 0 spiro atoms. The Morgan fingerprint density at radius 2 is 2.00 bits per heavy atom. The van der Waals surface area contributed by atoms with Gasteiger partial charge in [-0.05, 0) is 18.2 Å². The van der Waals surface area contributed by atoms with Gasteiger partial charge >= 0.3 is 5.97 Å². The van der Waals surface area contributed by atoms with Crippen molar-refractivity contribution in [1.82, 2.24) is 9.38 Å². The third-order valence-electron chi connectivity index (χ3n) is 3.18. The van der Waals surface area contributed by atoms with Gasteiger partial charge in [-0.15, -0.1) is 0 Å². The van der Waals surface area contributed by atoms with E-state index >= 15 is 0 Å². The van der Waals surface area contributed by atoms with Crippen LogP contribution in [0.15, 0.2) is 48.8 Å². The van der Waals surface area contributed by atoms with Crippen LogP contribution >= 0.6 is 0 Å². The number of hydrogen-bond donors (Lipinski definition) is 2. The molecule has 0 saturated carbocycles. The first-order valence-corrected chi connectivity index (χ1v) is 6.17. The van der Waals surface area contributed by atoms with Crippen LogP contribution in [0.3, 0.4) is 0 Å². The largest absolute Gasteiger partial charge is 0.478 e. The first kappa shape index (κ1) is 12.2. The van der Waals surface area contributed by atoms with Gasteiger partial charge in [0.1, 0.15) is 5.65 Å². The van der Waals surface area contributed by atoms with Gasteiger partial charge in [0.2, 0.25) is 0 Å². The zero-order chi connectivity index (χ0) is 14.1. The van der Waals surface area contributed by atoms with Crippen LogP contribution < -0.4 is 5.32 Å². The van der Waals surface area contributed by atoms with Crippen LogP contribution in [-0.4, -0.2) is 27.5 Å². The second-order valence-corrected chi connectivity index (χ2v) is 4.44. The fourth-order valence-electron chi connectivity index (χ4n) is 2.06. The molecular formula is C15H13N3O2. The van der Waals surface area contributed by atoms with Gasteiger partial charge < -0.3 is 14.8 Å². The van der Waals surface area contributed by atoms with Crippen molar-refractivity contribution in [2.75, 3.05) is 12.4 Å². The number of carboxylic acids is 1. The highest BCUT2D eigenvalue weighted by Gasteiger charge is 2.07. The quantitative estimate of drug-likeness (QED) is 0.765. The molecule has 0 unspecified atom stereocenters. The molecule has 0 amide bonds. The lowest BCUT2D eigenvalue weighted by molar-refractivity contribution is 0.0697. The summed E-state index contributed by atoms with van der Waals surface area (Å²) in [5.74, 6) is -0.926. The Kier molecular flexibility index (Phi) is 2.87. The van der Waals surface area contributed by atoms with E-state index in [1.54, 1.807) is 24.3 Å². The van der Waals surface area contributed by atoms with E-state index in [4.69, 9.17) is 5.11 Å². The van der Waals surface area contributed by atoms with E-state index in [-0.39, 0.29) is 5.56 Å². The average Bonchev–Trinajstić information content (AvgIpc) is 2.90. The molecule has 3 aromatic rings. The number of fused-ring (bicyclic) bond motifs is 1. The lowest BCUT2D eigenvalue weighted by Crippen LogP contribution is -1.94. The Labute approximate surface area is 115 Å². The summed E-state index contributed by atoms with van der Waals surface area (Å²) in [4.78, 5) is 15.4. The van der Waals surface area contributed by atoms with Gasteiger partial charge in [0.05, 0.1) is 11.3 Å². The summed E-state index contributed by atoms with van der Waals surface area (Å²) in [7, 11) is 1.86. The first-order chi connectivity index (χ1) is 9.67. The highest BCUT2D eigenvalue weighted by atomic mass is 16.4. The monoisotopic (exact) mass is 267 g/mol. The Morgan fingerprint density at radius 1 is 1.25 bits per heavy atom. The summed E-state index contributed by atoms with van der Waals surface area (Å²) in [5.41, 5.74) is 3.82. The molecule has 2 N–H and O–H groups in total. The van der Waals surface area contributed by atoms with Gasteiger partial charge in [-0.1, -0.05) is 12.1 Å². The smallest absolute Gasteiger partial charge is 0.335 e. The van der Waals surface area contributed by atoms with Crippen molar-refractivity contribution in [2.45, 2.75) is 0 Å². The minimum atomic E-state index is -0.926. The lowest BCUT2D eigenvalue weighted by Gasteiger charge is -1.98. The zero-order valence-electron chi connectivity index (χ0n) is 10.9. The summed E-state index contributed by atoms with van der Waals surface area (Å²) in [5, 5.41) is 12.0. The molecule has 0 radical (unpaired) electrons. The molecule has 5 heteroatoms. The van der Waals surface area contributed by atoms with Crippen molar-refractivity contribution >= 4 is 17.3 Å². The van der Waals surface area contributed by atoms with Crippen molar-refractivity contribution < 1.29 is 9.90 Å². The van der Waals surface area contributed by atoms with Gasteiger partial charge in [-0.3, -0.25) is 0 Å². The van der Waals surface area contributed by atoms with Gasteiger partial charge in [0.15, 0.2) is 0 Å². The van der Waals surface area contributed by atoms with Crippen LogP contribution in [0.5, 0.6) is 0 Å². The zero-order valence-corrected chi connectivity index (χ0v) is 10.9. The van der Waals surface area contributed by atoms with Gasteiger partial charge in [0, 0.05) is 36.8 Å². The molecular weight excluding hydrogens is 254 g/mol. The molecule has 20 heavy (non-hydrogen) atoms. The number of carbonyl (C=O) groups is 1. The molecule has 2 aromatic heterocycles. The third kappa shape index (κ3) is 2.09. The van der Waals surface area contributed by atoms with Crippen LogP contribution in [-0.2, 0) is 0 Å². The molecule has 3 rings (SSSR count). The van der Waals surface area contributed by atoms with Gasteiger partial charge in [0.25, 0.3) is 0 Å². The van der Waals surface area contributed by atoms with Crippen LogP contribution in [0.2, 0.25) is 0 Å². The number of aromatic nitrogens is 2. The van der Waals surface area contributed by atoms with Crippen LogP contribution in [0.4, 0.5) is 5.69 Å². The summed E-state index contributed by atoms with van der Waals surface area (Å²) in [6, 6.07) is 10.6. The van der Waals surface area contributed by atoms with Crippen molar-refractivity contribution in [3.05, 3.63) is 54.4 Å². The number of hydrogen-bond acceptors (Lipinski definition) is 3. The van der Waals surface area contributed by atoms with E-state index < -0.39 is 5.97 Å². The standard InChI is InChI=1S/C15H13N3O2/c1-16-12-6-7-18-9-13(17-14(18)8-12)10-2-4-11(5-3-10)15(19)20/h2-9,16H,1H3,(H,19,20). The number of nitrogens with one attached hydrogen (secondary N) is 1. The number of carboxylic acid groups (broad SMARTS) is 1. The summed E-state index contributed by atoms with van der Waals surface area (Å²) < 4.78 is 1.93. The van der Waals surface area contributed by atoms with E-state index in [1.165, 1.54) is 0 Å². The highest BCUT2D eigenvalue weighted by Crippen LogP contribution is 2.21. The number of nitrogens with zero attached hydrogens (tertiary/aromatic N) is 2. The van der Waals surface area contributed by atoms with Crippen LogP contribution in [0.25, 0.3) is 16.9 Å². The molecule has 0 atom stereocenters. The van der Waals surface area contributed by atoms with Crippen molar-refractivity contribution in [2.24, 2.45) is 0 Å². The maximum Gasteiger partial charge on any atom is 0.335 e. The fraction of sp³-hybridized carbons (Fsp3) is 0.0667. The second kappa shape index (κ2) is 4.70. The molecule has 0 aliphatic heterocycles. The highest BCUT2D eigenvalue weighted by molar-refractivity contribution is 5.88. The van der Waals surface area contributed by atoms with Crippen molar-refractivity contribution in [3.63, 3.8) is 0 Å². The maximum absolute atomic E-state index is 10.8. The summed E-state index contributed by atoms with van der Waals surface area (Å²) in [6.45, 7) is 0. The Morgan fingerprint density at radius 3 is 2.65 bits per heavy atom. The normalized spacial score (nSPS) is 10.7. The Hall–Kier alpha value is -2.82. The minimum absolute atomic E-state index is 0.273. The Bertz CT molecular complexity index is 775. The van der Waals surface area contributed by atoms with E-state index in [0.29, 0.717) is 0 Å². The number of benzene rings is 1. The number of pyridine rings is 1. The molecule has 0 bridgehead atoms. The maximum atomic E-state index is 10.8. The molecule has 0 fully saturated rings. The van der Waals surface area contributed by atoms with Crippen LogP contribution in [0.1, 0.15) is 10.4 Å². The molecule has 1 aromatic carbocycles. The van der Waals surface area contributed by atoms with Gasteiger partial charge in [-0.2, -0.15) is 0 Å². The molecule has 0 aliphatic rings. The minimum Gasteiger partial charge on any atom is -0.478 e. The van der Waals surface area contributed by atoms with E-state index in [0.717, 1.165) is 22.6 Å². The number of aromatic carboxylic acids is 1. The Balaban J connectivity index is 2.03. The third-order valence-corrected chi connectivity index (χ3v) is 3.18. The SMILES string of the molecule is CNc1ccn2cc(-c3ccc(C(=O)O)cc3)nc2c1. The number of anilines is 1. The predicted molar refractivity (Wildman–Crippen MR) is 77.1 cm³/mol. The molecule has 0 saturated heterocycles. The topological polar surface area (TPSA) is 66.6 Å². The van der Waals surface area contributed by atoms with Crippen molar-refractivity contribution in [3.8, 4) is 11.3 Å². The molecule has 2 heterocycles.